The number of hydrogen-bond donors (Lipinski definition) is 1. The lowest BCUT2D eigenvalue weighted by atomic mass is 9.99. The van der Waals surface area contributed by atoms with Gasteiger partial charge in [0.2, 0.25) is 15.9 Å². The molecule has 0 heterocycles. The number of nitriles is 1. The number of aromatic carboxylic acids is 1. The number of benzene rings is 4. The Hall–Kier alpha value is -5.33. The Morgan fingerprint density at radius 2 is 1.51 bits per heavy atom. The van der Waals surface area contributed by atoms with Crippen LogP contribution in [0, 0.1) is 40.4 Å². The first-order valence-electron chi connectivity index (χ1n) is 16.7. The highest BCUT2D eigenvalue weighted by molar-refractivity contribution is 7.89. The molecule has 0 saturated heterocycles. The van der Waals surface area contributed by atoms with Crippen molar-refractivity contribution in [1.82, 2.24) is 4.31 Å². The normalized spacial score (nSPS) is 14.2. The molecule has 0 unspecified atom stereocenters. The lowest BCUT2D eigenvalue weighted by Crippen LogP contribution is -2.43. The van der Waals surface area contributed by atoms with Gasteiger partial charge < -0.3 is 14.7 Å². The van der Waals surface area contributed by atoms with Gasteiger partial charge in [0.05, 0.1) is 36.9 Å². The molecular formula is C38H32F5N3O6S. The van der Waals surface area contributed by atoms with Crippen molar-refractivity contribution in [3.63, 3.8) is 0 Å². The maximum absolute atomic E-state index is 16.1. The quantitative estimate of drug-likeness (QED) is 0.0801. The van der Waals surface area contributed by atoms with Crippen LogP contribution in [0.5, 0.6) is 5.75 Å². The molecule has 15 heteroatoms. The molecule has 0 aliphatic heterocycles. The van der Waals surface area contributed by atoms with E-state index in [1.54, 1.807) is 6.92 Å². The second kappa shape index (κ2) is 15.0. The predicted molar refractivity (Wildman–Crippen MR) is 181 cm³/mol. The molecule has 2 fully saturated rings. The van der Waals surface area contributed by atoms with Crippen LogP contribution in [0.1, 0.15) is 82.6 Å². The lowest BCUT2D eigenvalue weighted by molar-refractivity contribution is -0.119. The van der Waals surface area contributed by atoms with E-state index in [0.29, 0.717) is 15.9 Å². The number of halogens is 5. The Bertz CT molecular complexity index is 2240. The van der Waals surface area contributed by atoms with Gasteiger partial charge in [0, 0.05) is 12.6 Å². The summed E-state index contributed by atoms with van der Waals surface area (Å²) in [5.41, 5.74) is 1.51. The summed E-state index contributed by atoms with van der Waals surface area (Å²) in [7, 11) is -5.42. The number of rotatable bonds is 14. The lowest BCUT2D eigenvalue weighted by Gasteiger charge is -2.29. The molecule has 0 spiro atoms. The first-order valence-corrected chi connectivity index (χ1v) is 18.1. The van der Waals surface area contributed by atoms with Crippen LogP contribution in [0.4, 0.5) is 27.6 Å². The summed E-state index contributed by atoms with van der Waals surface area (Å²) in [6.45, 7) is -0.940. The second-order valence-corrected chi connectivity index (χ2v) is 14.8. The average molecular weight is 754 g/mol. The Labute approximate surface area is 301 Å². The first-order chi connectivity index (χ1) is 25.2. The molecule has 1 amide bonds. The fraction of sp³-hybridized carbons (Fsp3) is 0.289. The topological polar surface area (TPSA) is 128 Å². The van der Waals surface area contributed by atoms with E-state index in [-0.39, 0.29) is 47.9 Å². The van der Waals surface area contributed by atoms with Gasteiger partial charge >= 0.3 is 5.97 Å². The SMILES string of the molecule is CCOc1cc(C(=O)O)cc(F)c1N(Cc1cc(C2CC2)cc(C2CC2)c1)C(=O)CN(Cc1ccccc1C#N)S(=O)(=O)c1cc(F)c(F)c(F)c1F. The minimum Gasteiger partial charge on any atom is -0.492 e. The summed E-state index contributed by atoms with van der Waals surface area (Å²) in [5.74, 6) is -12.5. The van der Waals surface area contributed by atoms with Crippen LogP contribution >= 0.6 is 0 Å². The van der Waals surface area contributed by atoms with Crippen molar-refractivity contribution in [1.29, 1.82) is 5.26 Å². The number of carbonyl (C=O) groups is 2. The van der Waals surface area contributed by atoms with Gasteiger partial charge in [-0.2, -0.15) is 9.57 Å². The number of anilines is 1. The molecule has 2 saturated carbocycles. The number of carboxylic acids is 1. The molecule has 0 atom stereocenters. The molecule has 9 nitrogen and oxygen atoms in total. The molecule has 276 valence electrons. The van der Waals surface area contributed by atoms with Gasteiger partial charge in [0.15, 0.2) is 29.1 Å². The minimum absolute atomic E-state index is 0.0135. The highest BCUT2D eigenvalue weighted by atomic mass is 32.2. The molecule has 53 heavy (non-hydrogen) atoms. The molecule has 0 bridgehead atoms. The fourth-order valence-electron chi connectivity index (χ4n) is 6.14. The van der Waals surface area contributed by atoms with Crippen LogP contribution < -0.4 is 9.64 Å². The molecule has 4 aromatic rings. The van der Waals surface area contributed by atoms with Gasteiger partial charge in [-0.1, -0.05) is 36.4 Å². The van der Waals surface area contributed by atoms with E-state index in [2.05, 4.69) is 6.07 Å². The van der Waals surface area contributed by atoms with Crippen LogP contribution in [-0.4, -0.2) is 42.9 Å². The van der Waals surface area contributed by atoms with Crippen molar-refractivity contribution in [3.8, 4) is 11.8 Å². The van der Waals surface area contributed by atoms with Gasteiger partial charge in [0.25, 0.3) is 0 Å². The number of amides is 1. The van der Waals surface area contributed by atoms with Gasteiger partial charge in [-0.05, 0) is 84.9 Å². The Kier molecular flexibility index (Phi) is 10.6. The third-order valence-electron chi connectivity index (χ3n) is 9.11. The van der Waals surface area contributed by atoms with E-state index in [1.807, 2.05) is 18.2 Å². The summed E-state index contributed by atoms with van der Waals surface area (Å²) in [6, 6.07) is 14.9. The zero-order valence-corrected chi connectivity index (χ0v) is 29.0. The number of carbonyl (C=O) groups excluding carboxylic acids is 1. The molecule has 1 N–H and O–H groups in total. The van der Waals surface area contributed by atoms with Crippen molar-refractivity contribution in [3.05, 3.63) is 123 Å². The van der Waals surface area contributed by atoms with Crippen LogP contribution in [-0.2, 0) is 27.9 Å². The maximum atomic E-state index is 16.1. The number of carboxylic acid groups (broad SMARTS) is 1. The Balaban J connectivity index is 1.50. The maximum Gasteiger partial charge on any atom is 0.335 e. The van der Waals surface area contributed by atoms with Crippen LogP contribution in [0.2, 0.25) is 0 Å². The van der Waals surface area contributed by atoms with Gasteiger partial charge in [0.1, 0.15) is 16.3 Å². The third-order valence-corrected chi connectivity index (χ3v) is 10.9. The molecule has 0 aromatic heterocycles. The summed E-state index contributed by atoms with van der Waals surface area (Å²) < 4.78 is 108. The summed E-state index contributed by atoms with van der Waals surface area (Å²) in [4.78, 5) is 25.6. The summed E-state index contributed by atoms with van der Waals surface area (Å²) in [5, 5.41) is 19.3. The largest absolute Gasteiger partial charge is 0.492 e. The van der Waals surface area contributed by atoms with Crippen molar-refractivity contribution in [2.24, 2.45) is 0 Å². The van der Waals surface area contributed by atoms with E-state index in [9.17, 15) is 41.5 Å². The van der Waals surface area contributed by atoms with E-state index in [1.165, 1.54) is 24.3 Å². The summed E-state index contributed by atoms with van der Waals surface area (Å²) in [6.07, 6.45) is 3.81. The molecular weight excluding hydrogens is 721 g/mol. The standard InChI is InChI=1S/C38H32F5N3O6S/c1-2-52-31-15-28(38(48)49)14-30(40)37(31)46(18-21-11-26(22-7-8-22)13-27(12-21)23-9-10-23)33(47)20-45(19-25-6-4-3-5-24(25)17-44)53(50,51)32-16-29(39)34(41)36(43)35(32)42/h3-6,11-16,22-23H,2,7-10,18-20H2,1H3,(H,48,49). The first kappa shape index (κ1) is 37.4. The van der Waals surface area contributed by atoms with Crippen molar-refractivity contribution >= 4 is 27.6 Å². The van der Waals surface area contributed by atoms with E-state index >= 15 is 8.78 Å². The Morgan fingerprint density at radius 1 is 0.868 bits per heavy atom. The van der Waals surface area contributed by atoms with E-state index < -0.39 is 80.2 Å². The molecule has 2 aliphatic rings. The predicted octanol–water partition coefficient (Wildman–Crippen LogP) is 7.53. The fourth-order valence-corrected chi connectivity index (χ4v) is 7.57. The molecule has 4 aromatic carbocycles. The Morgan fingerprint density at radius 3 is 2.09 bits per heavy atom. The van der Waals surface area contributed by atoms with Crippen molar-refractivity contribution in [2.45, 2.75) is 62.4 Å². The van der Waals surface area contributed by atoms with E-state index in [0.717, 1.165) is 47.8 Å². The average Bonchev–Trinajstić information content (AvgIpc) is 4.05. The zero-order valence-electron chi connectivity index (χ0n) is 28.2. The highest BCUT2D eigenvalue weighted by Crippen LogP contribution is 2.46. The number of ether oxygens (including phenoxy) is 1. The monoisotopic (exact) mass is 753 g/mol. The van der Waals surface area contributed by atoms with Crippen LogP contribution in [0.25, 0.3) is 0 Å². The molecule has 2 aliphatic carbocycles. The summed E-state index contributed by atoms with van der Waals surface area (Å²) >= 11 is 0. The van der Waals surface area contributed by atoms with Crippen LogP contribution in [0.15, 0.2) is 65.6 Å². The van der Waals surface area contributed by atoms with E-state index in [4.69, 9.17) is 4.74 Å². The second-order valence-electron chi connectivity index (χ2n) is 12.9. The van der Waals surface area contributed by atoms with Gasteiger partial charge in [-0.15, -0.1) is 0 Å². The minimum atomic E-state index is -5.42. The number of sulfonamides is 1. The van der Waals surface area contributed by atoms with Crippen molar-refractivity contribution < 1.29 is 49.8 Å². The van der Waals surface area contributed by atoms with Crippen LogP contribution in [0.3, 0.4) is 0 Å². The van der Waals surface area contributed by atoms with Gasteiger partial charge in [-0.3, -0.25) is 4.79 Å². The zero-order chi connectivity index (χ0) is 38.2. The van der Waals surface area contributed by atoms with Gasteiger partial charge in [-0.25, -0.2) is 35.2 Å². The smallest absolute Gasteiger partial charge is 0.335 e. The van der Waals surface area contributed by atoms with Crippen molar-refractivity contribution in [2.75, 3.05) is 18.1 Å². The third kappa shape index (κ3) is 7.89. The molecule has 6 rings (SSSR count). The number of hydrogen-bond acceptors (Lipinski definition) is 6. The molecule has 0 radical (unpaired) electrons. The number of nitrogens with zero attached hydrogens (tertiary/aromatic N) is 3. The highest BCUT2D eigenvalue weighted by Gasteiger charge is 2.37.